The lowest BCUT2D eigenvalue weighted by molar-refractivity contribution is 1.16. The molecule has 9 aromatic rings. The number of aromatic nitrogens is 4. The van der Waals surface area contributed by atoms with E-state index in [0.717, 1.165) is 61.4 Å². The van der Waals surface area contributed by atoms with Gasteiger partial charge in [-0.1, -0.05) is 103 Å². The largest absolute Gasteiger partial charge is 0.361 e. The minimum atomic E-state index is 0.687. The van der Waals surface area contributed by atoms with Crippen LogP contribution in [-0.4, -0.2) is 19.5 Å². The molecule has 3 aromatic heterocycles. The van der Waals surface area contributed by atoms with Gasteiger partial charge in [0.25, 0.3) is 0 Å². The maximum Gasteiger partial charge on any atom is 0.160 e. The first-order valence-electron chi connectivity index (χ1n) is 15.5. The molecular weight excluding hydrogens is 560 g/mol. The van der Waals surface area contributed by atoms with Crippen LogP contribution in [0.1, 0.15) is 0 Å². The van der Waals surface area contributed by atoms with Crippen molar-refractivity contribution in [3.63, 3.8) is 0 Å². The predicted molar refractivity (Wildman–Crippen MR) is 190 cm³/mol. The van der Waals surface area contributed by atoms with Crippen molar-refractivity contribution in [2.24, 2.45) is 0 Å². The van der Waals surface area contributed by atoms with E-state index in [2.05, 4.69) is 155 Å². The summed E-state index contributed by atoms with van der Waals surface area (Å²) in [5.41, 5.74) is 11.6. The van der Waals surface area contributed by atoms with Crippen LogP contribution in [0.2, 0.25) is 0 Å². The minimum absolute atomic E-state index is 0.687. The summed E-state index contributed by atoms with van der Waals surface area (Å²) in [6, 6.07) is 55.5. The molecule has 3 heterocycles. The number of benzene rings is 6. The van der Waals surface area contributed by atoms with E-state index in [1.807, 2.05) is 18.3 Å². The summed E-state index contributed by atoms with van der Waals surface area (Å²) in [6.45, 7) is 0. The van der Waals surface area contributed by atoms with Gasteiger partial charge < -0.3 is 9.55 Å². The number of H-pyrrole nitrogens is 1. The van der Waals surface area contributed by atoms with E-state index in [1.54, 1.807) is 0 Å². The van der Waals surface area contributed by atoms with Gasteiger partial charge in [0.05, 0.1) is 22.4 Å². The first-order chi connectivity index (χ1) is 22.8. The molecule has 6 aromatic carbocycles. The number of aromatic amines is 1. The van der Waals surface area contributed by atoms with Gasteiger partial charge in [0.2, 0.25) is 0 Å². The number of hydrogen-bond acceptors (Lipinski definition) is 2. The van der Waals surface area contributed by atoms with E-state index in [-0.39, 0.29) is 0 Å². The molecule has 216 valence electrons. The summed E-state index contributed by atoms with van der Waals surface area (Å²) in [5, 5.41) is 3.63. The Labute approximate surface area is 266 Å². The van der Waals surface area contributed by atoms with E-state index in [9.17, 15) is 0 Å². The number of nitrogens with zero attached hydrogens (tertiary/aromatic N) is 3. The zero-order valence-electron chi connectivity index (χ0n) is 24.9. The number of nitrogens with one attached hydrogen (secondary N) is 1. The topological polar surface area (TPSA) is 46.5 Å². The molecule has 1 N–H and O–H groups in total. The summed E-state index contributed by atoms with van der Waals surface area (Å²) in [4.78, 5) is 13.7. The molecule has 0 saturated carbocycles. The van der Waals surface area contributed by atoms with Crippen LogP contribution in [0.15, 0.2) is 164 Å². The van der Waals surface area contributed by atoms with Gasteiger partial charge in [0, 0.05) is 44.9 Å². The van der Waals surface area contributed by atoms with E-state index in [4.69, 9.17) is 9.97 Å². The fraction of sp³-hybridized carbons (Fsp3) is 0. The van der Waals surface area contributed by atoms with E-state index in [0.29, 0.717) is 5.82 Å². The summed E-state index contributed by atoms with van der Waals surface area (Å²) >= 11 is 0. The summed E-state index contributed by atoms with van der Waals surface area (Å²) in [7, 11) is 0. The third-order valence-electron chi connectivity index (χ3n) is 8.77. The van der Waals surface area contributed by atoms with Crippen molar-refractivity contribution in [3.8, 4) is 50.7 Å². The molecule has 4 heteroatoms. The van der Waals surface area contributed by atoms with Crippen molar-refractivity contribution < 1.29 is 0 Å². The summed E-state index contributed by atoms with van der Waals surface area (Å²) in [5.74, 6) is 0.687. The zero-order chi connectivity index (χ0) is 30.5. The Morgan fingerprint density at radius 3 is 1.67 bits per heavy atom. The molecule has 9 rings (SSSR count). The van der Waals surface area contributed by atoms with Gasteiger partial charge in [0.15, 0.2) is 5.82 Å². The first-order valence-corrected chi connectivity index (χ1v) is 15.5. The van der Waals surface area contributed by atoms with Crippen LogP contribution in [0.25, 0.3) is 83.4 Å². The van der Waals surface area contributed by atoms with Gasteiger partial charge in [0.1, 0.15) is 0 Å². The lowest BCUT2D eigenvalue weighted by Crippen LogP contribution is -1.99. The van der Waals surface area contributed by atoms with E-state index >= 15 is 0 Å². The molecule has 0 spiro atoms. The first kappa shape index (κ1) is 26.2. The van der Waals surface area contributed by atoms with E-state index in [1.165, 1.54) is 16.2 Å². The van der Waals surface area contributed by atoms with Gasteiger partial charge in [-0.15, -0.1) is 0 Å². The van der Waals surface area contributed by atoms with Crippen molar-refractivity contribution in [1.82, 2.24) is 19.5 Å². The molecule has 4 nitrogen and oxygen atoms in total. The number of para-hydroxylation sites is 2. The average molecular weight is 589 g/mol. The molecule has 0 atom stereocenters. The Kier molecular flexibility index (Phi) is 6.10. The number of hydrogen-bond donors (Lipinski definition) is 1. The van der Waals surface area contributed by atoms with Crippen LogP contribution < -0.4 is 0 Å². The van der Waals surface area contributed by atoms with Gasteiger partial charge in [-0.05, 0) is 71.1 Å². The molecule has 0 radical (unpaired) electrons. The normalized spacial score (nSPS) is 11.5. The van der Waals surface area contributed by atoms with E-state index < -0.39 is 0 Å². The third kappa shape index (κ3) is 4.47. The van der Waals surface area contributed by atoms with Crippen molar-refractivity contribution in [2.45, 2.75) is 0 Å². The van der Waals surface area contributed by atoms with Crippen molar-refractivity contribution in [2.75, 3.05) is 0 Å². The highest BCUT2D eigenvalue weighted by Crippen LogP contribution is 2.37. The molecule has 0 aliphatic carbocycles. The monoisotopic (exact) mass is 588 g/mol. The highest BCUT2D eigenvalue weighted by Gasteiger charge is 2.17. The molecular formula is C42H28N4. The highest BCUT2D eigenvalue weighted by atomic mass is 15.0. The van der Waals surface area contributed by atoms with Crippen molar-refractivity contribution >= 4 is 32.7 Å². The Bertz CT molecular complexity index is 2410. The summed E-state index contributed by atoms with van der Waals surface area (Å²) in [6.07, 6.45) is 1.99. The summed E-state index contributed by atoms with van der Waals surface area (Å²) < 4.78 is 2.37. The molecule has 0 unspecified atom stereocenters. The minimum Gasteiger partial charge on any atom is -0.361 e. The molecule has 0 saturated heterocycles. The van der Waals surface area contributed by atoms with Crippen LogP contribution in [0.5, 0.6) is 0 Å². The Hall–Kier alpha value is -6.26. The van der Waals surface area contributed by atoms with Crippen LogP contribution in [-0.2, 0) is 0 Å². The van der Waals surface area contributed by atoms with Crippen molar-refractivity contribution in [3.05, 3.63) is 164 Å². The smallest absolute Gasteiger partial charge is 0.160 e. The predicted octanol–water partition coefficient (Wildman–Crippen LogP) is 10.7. The second kappa shape index (κ2) is 10.7. The van der Waals surface area contributed by atoms with Crippen LogP contribution >= 0.6 is 0 Å². The number of fused-ring (bicyclic) bond motifs is 4. The standard InChI is InChI=1S/C42H28N4/c1-3-11-28(12-4-1)38-27-39(29-13-5-2-6-14-29)45-42(44-38)33-24-32(30-19-20-37-31(23-30)21-22-43-37)25-34(26-33)46-40-17-9-7-15-35(40)36-16-8-10-18-41(36)46/h1-27,43H. The van der Waals surface area contributed by atoms with Crippen LogP contribution in [0, 0.1) is 0 Å². The SMILES string of the molecule is c1ccc(-c2cc(-c3ccccc3)nc(-c3cc(-c4ccc5[nH]ccc5c4)cc(-n4c5ccccc5c5ccccc54)c3)n2)cc1. The molecule has 0 fully saturated rings. The Morgan fingerprint density at radius 1 is 0.435 bits per heavy atom. The van der Waals surface area contributed by atoms with Gasteiger partial charge >= 0.3 is 0 Å². The fourth-order valence-corrected chi connectivity index (χ4v) is 6.56. The molecule has 0 aliphatic rings. The quantitative estimate of drug-likeness (QED) is 0.217. The number of rotatable bonds is 5. The molecule has 0 aliphatic heterocycles. The molecule has 46 heavy (non-hydrogen) atoms. The van der Waals surface area contributed by atoms with Gasteiger partial charge in [-0.2, -0.15) is 0 Å². The molecule has 0 bridgehead atoms. The third-order valence-corrected chi connectivity index (χ3v) is 8.77. The van der Waals surface area contributed by atoms with Crippen LogP contribution in [0.4, 0.5) is 0 Å². The lowest BCUT2D eigenvalue weighted by atomic mass is 9.99. The molecule has 0 amide bonds. The Balaban J connectivity index is 1.33. The van der Waals surface area contributed by atoms with Gasteiger partial charge in [-0.25, -0.2) is 9.97 Å². The lowest BCUT2D eigenvalue weighted by Gasteiger charge is -2.15. The average Bonchev–Trinajstić information content (AvgIpc) is 3.74. The zero-order valence-corrected chi connectivity index (χ0v) is 24.9. The maximum atomic E-state index is 5.20. The fourth-order valence-electron chi connectivity index (χ4n) is 6.56. The second-order valence-corrected chi connectivity index (χ2v) is 11.6. The second-order valence-electron chi connectivity index (χ2n) is 11.6. The highest BCUT2D eigenvalue weighted by molar-refractivity contribution is 6.09. The Morgan fingerprint density at radius 2 is 1.02 bits per heavy atom. The van der Waals surface area contributed by atoms with Crippen molar-refractivity contribution in [1.29, 1.82) is 0 Å². The maximum absolute atomic E-state index is 5.20. The van der Waals surface area contributed by atoms with Gasteiger partial charge in [-0.3, -0.25) is 0 Å². The van der Waals surface area contributed by atoms with Crippen LogP contribution in [0.3, 0.4) is 0 Å².